The number of amides is 1. The van der Waals surface area contributed by atoms with Crippen molar-refractivity contribution in [3.8, 4) is 0 Å². The molecule has 516 valence electrons. The van der Waals surface area contributed by atoms with Crippen molar-refractivity contribution in [2.45, 2.75) is 418 Å². The Hall–Kier alpha value is -1.28. The van der Waals surface area contributed by atoms with Gasteiger partial charge in [0.05, 0.1) is 39.9 Å². The van der Waals surface area contributed by atoms with Gasteiger partial charge in [-0.1, -0.05) is 391 Å². The van der Waals surface area contributed by atoms with Crippen molar-refractivity contribution in [2.24, 2.45) is 0 Å². The fraction of sp³-hybridized carbons (Fsp3) is 0.910. The highest BCUT2D eigenvalue weighted by Crippen LogP contribution is 2.43. The number of nitrogens with one attached hydrogen (secondary N) is 1. The molecule has 0 saturated carbocycles. The number of hydrogen-bond donors (Lipinski definition) is 3. The third-order valence-corrected chi connectivity index (χ3v) is 19.1. The summed E-state index contributed by atoms with van der Waals surface area (Å²) in [5, 5.41) is 14.0. The van der Waals surface area contributed by atoms with Gasteiger partial charge in [0, 0.05) is 6.42 Å². The molecule has 0 heterocycles. The van der Waals surface area contributed by atoms with Crippen LogP contribution in [0.15, 0.2) is 36.5 Å². The lowest BCUT2D eigenvalue weighted by Gasteiger charge is -2.25. The minimum Gasteiger partial charge on any atom is -0.387 e. The Morgan fingerprint density at radius 1 is 0.379 bits per heavy atom. The van der Waals surface area contributed by atoms with Gasteiger partial charge in [-0.3, -0.25) is 13.8 Å². The Morgan fingerprint density at radius 2 is 0.632 bits per heavy atom. The quantitative estimate of drug-likeness (QED) is 0.0243. The number of likely N-dealkylation sites (N-methyl/N-ethyl adjacent to an activating group) is 1. The van der Waals surface area contributed by atoms with Gasteiger partial charge >= 0.3 is 7.82 Å². The summed E-state index contributed by atoms with van der Waals surface area (Å²) < 4.78 is 23.8. The van der Waals surface area contributed by atoms with Gasteiger partial charge in [0.25, 0.3) is 0 Å². The average Bonchev–Trinajstić information content (AvgIpc) is 3.70. The zero-order valence-electron chi connectivity index (χ0n) is 59.3. The number of allylic oxidation sites excluding steroid dienone is 5. The topological polar surface area (TPSA) is 105 Å². The van der Waals surface area contributed by atoms with Crippen LogP contribution < -0.4 is 5.32 Å². The molecule has 1 amide bonds. The molecule has 9 heteroatoms. The van der Waals surface area contributed by atoms with Gasteiger partial charge < -0.3 is 19.8 Å². The van der Waals surface area contributed by atoms with Crippen molar-refractivity contribution in [3.05, 3.63) is 36.5 Å². The van der Waals surface area contributed by atoms with Crippen LogP contribution in [-0.4, -0.2) is 73.4 Å². The lowest BCUT2D eigenvalue weighted by molar-refractivity contribution is -0.870. The Balaban J connectivity index is 4.00. The molecule has 0 rings (SSSR count). The van der Waals surface area contributed by atoms with Crippen molar-refractivity contribution < 1.29 is 32.9 Å². The number of phosphoric acid groups is 1. The highest BCUT2D eigenvalue weighted by Gasteiger charge is 2.28. The second-order valence-corrected chi connectivity index (χ2v) is 29.5. The van der Waals surface area contributed by atoms with Gasteiger partial charge in [-0.15, -0.1) is 0 Å². The van der Waals surface area contributed by atoms with Crippen LogP contribution in [0, 0.1) is 0 Å². The van der Waals surface area contributed by atoms with Crippen molar-refractivity contribution in [1.29, 1.82) is 0 Å². The maximum absolute atomic E-state index is 13.1. The molecule has 0 aromatic carbocycles. The number of carbonyl (C=O) groups is 1. The Labute approximate surface area is 544 Å². The van der Waals surface area contributed by atoms with Crippen LogP contribution in [0.25, 0.3) is 0 Å². The largest absolute Gasteiger partial charge is 0.472 e. The van der Waals surface area contributed by atoms with Crippen LogP contribution in [0.1, 0.15) is 406 Å². The van der Waals surface area contributed by atoms with Crippen LogP contribution in [0.4, 0.5) is 0 Å². The molecule has 0 bridgehead atoms. The molecule has 3 atom stereocenters. The normalized spacial score (nSPS) is 13.7. The van der Waals surface area contributed by atoms with E-state index in [0.717, 1.165) is 44.9 Å². The first-order chi connectivity index (χ1) is 42.5. The molecule has 0 aliphatic rings. The second-order valence-electron chi connectivity index (χ2n) is 28.1. The predicted molar refractivity (Wildman–Crippen MR) is 383 cm³/mol. The molecule has 0 aromatic heterocycles. The van der Waals surface area contributed by atoms with Gasteiger partial charge in [0.15, 0.2) is 0 Å². The Morgan fingerprint density at radius 3 is 0.920 bits per heavy atom. The number of quaternary nitrogens is 1. The molecule has 0 aromatic rings. The number of carbonyl (C=O) groups excluding carboxylic acids is 1. The lowest BCUT2D eigenvalue weighted by atomic mass is 10.0. The smallest absolute Gasteiger partial charge is 0.387 e. The third-order valence-electron chi connectivity index (χ3n) is 18.1. The minimum atomic E-state index is -4.37. The fourth-order valence-corrected chi connectivity index (χ4v) is 12.8. The van der Waals surface area contributed by atoms with Gasteiger partial charge in [-0.25, -0.2) is 4.57 Å². The lowest BCUT2D eigenvalue weighted by Crippen LogP contribution is -2.45. The zero-order valence-corrected chi connectivity index (χ0v) is 60.2. The van der Waals surface area contributed by atoms with Crippen LogP contribution in [0.5, 0.6) is 0 Å². The number of aliphatic hydroxyl groups is 1. The number of unbranched alkanes of at least 4 members (excludes halogenated alkanes) is 56. The van der Waals surface area contributed by atoms with Crippen molar-refractivity contribution >= 4 is 13.7 Å². The van der Waals surface area contributed by atoms with Crippen LogP contribution in [-0.2, 0) is 18.4 Å². The van der Waals surface area contributed by atoms with E-state index in [0.29, 0.717) is 17.4 Å². The van der Waals surface area contributed by atoms with E-state index in [1.165, 1.54) is 340 Å². The highest BCUT2D eigenvalue weighted by atomic mass is 31.2. The van der Waals surface area contributed by atoms with E-state index in [2.05, 4.69) is 43.5 Å². The Bertz CT molecular complexity index is 1510. The first kappa shape index (κ1) is 85.7. The number of hydrogen-bond acceptors (Lipinski definition) is 5. The first-order valence-electron chi connectivity index (χ1n) is 38.9. The number of aliphatic hydroxyl groups excluding tert-OH is 1. The summed E-state index contributed by atoms with van der Waals surface area (Å²) in [6, 6.07) is -0.870. The second kappa shape index (κ2) is 69.1. The number of nitrogens with zero attached hydrogens (tertiary/aromatic N) is 1. The van der Waals surface area contributed by atoms with Crippen molar-refractivity contribution in [2.75, 3.05) is 40.9 Å². The van der Waals surface area contributed by atoms with Crippen molar-refractivity contribution in [1.82, 2.24) is 5.32 Å². The van der Waals surface area contributed by atoms with Gasteiger partial charge in [-0.2, -0.15) is 0 Å². The van der Waals surface area contributed by atoms with Crippen LogP contribution >= 0.6 is 7.82 Å². The van der Waals surface area contributed by atoms with E-state index in [4.69, 9.17) is 9.05 Å². The van der Waals surface area contributed by atoms with E-state index < -0.39 is 20.0 Å². The van der Waals surface area contributed by atoms with E-state index in [-0.39, 0.29) is 19.1 Å². The van der Waals surface area contributed by atoms with Crippen LogP contribution in [0.3, 0.4) is 0 Å². The molecular formula is C78H154N2O6P+. The molecule has 0 fully saturated rings. The zero-order chi connectivity index (χ0) is 63.4. The monoisotopic (exact) mass is 1250 g/mol. The van der Waals surface area contributed by atoms with E-state index in [9.17, 15) is 19.4 Å². The third kappa shape index (κ3) is 72.0. The molecule has 0 aliphatic heterocycles. The fourth-order valence-electron chi connectivity index (χ4n) is 12.1. The Kier molecular flexibility index (Phi) is 68.1. The van der Waals surface area contributed by atoms with Gasteiger partial charge in [0.2, 0.25) is 5.91 Å². The van der Waals surface area contributed by atoms with E-state index >= 15 is 0 Å². The average molecular weight is 1250 g/mol. The summed E-state index contributed by atoms with van der Waals surface area (Å²) in [6.07, 6.45) is 93.5. The summed E-state index contributed by atoms with van der Waals surface area (Å²) in [5.41, 5.74) is 0. The number of rotatable bonds is 73. The SMILES string of the molecule is CCCCCCCCCCCCCCCCCCCCC/C=C/CC/C=C/CC/C=C/C(O)C(COP(=O)(O)OCC[N+](C)(C)C)NC(=O)CCCCCCCCCCCCCCCCCCCCCCCCCCCCCCCCCCCCCC. The standard InChI is InChI=1S/C78H153N2O6P/c1-6-8-10-12-14-16-18-20-22-24-26-28-30-32-34-36-37-38-39-40-41-42-44-46-48-50-52-54-56-58-60-62-64-66-68-70-72-78(82)79-76(75-86-87(83,84)85-74-73-80(3,4)5)77(81)71-69-67-65-63-61-59-57-55-53-51-49-47-45-43-35-33-31-29-27-25-23-21-19-17-15-13-11-9-7-2/h53,55,61,63,69,71,76-77,81H,6-52,54,56-60,62,64-68,70,72-75H2,1-5H3,(H-,79,82,83,84)/p+1/b55-53+,63-61+,71-69+. The molecule has 3 unspecified atom stereocenters. The maximum Gasteiger partial charge on any atom is 0.472 e. The predicted octanol–water partition coefficient (Wildman–Crippen LogP) is 25.2. The summed E-state index contributed by atoms with van der Waals surface area (Å²) in [7, 11) is 1.57. The molecule has 3 N–H and O–H groups in total. The molecular weight excluding hydrogens is 1090 g/mol. The molecule has 0 aliphatic carbocycles. The summed E-state index contributed by atoms with van der Waals surface area (Å²) in [6.45, 7) is 4.86. The summed E-state index contributed by atoms with van der Waals surface area (Å²) >= 11 is 0. The van der Waals surface area contributed by atoms with Crippen molar-refractivity contribution in [3.63, 3.8) is 0 Å². The van der Waals surface area contributed by atoms with E-state index in [1.807, 2.05) is 27.2 Å². The highest BCUT2D eigenvalue weighted by molar-refractivity contribution is 7.47. The summed E-state index contributed by atoms with van der Waals surface area (Å²) in [4.78, 5) is 23.5. The maximum atomic E-state index is 13.1. The summed E-state index contributed by atoms with van der Waals surface area (Å²) in [5.74, 6) is -0.182. The van der Waals surface area contributed by atoms with Gasteiger partial charge in [-0.05, 0) is 44.9 Å². The molecule has 0 saturated heterocycles. The van der Waals surface area contributed by atoms with Gasteiger partial charge in [0.1, 0.15) is 13.2 Å². The molecule has 0 radical (unpaired) electrons. The van der Waals surface area contributed by atoms with E-state index in [1.54, 1.807) is 6.08 Å². The number of phosphoric ester groups is 1. The molecule has 0 spiro atoms. The minimum absolute atomic E-state index is 0.0555. The molecule has 87 heavy (non-hydrogen) atoms. The van der Waals surface area contributed by atoms with Crippen LogP contribution in [0.2, 0.25) is 0 Å². The molecule has 8 nitrogen and oxygen atoms in total. The first-order valence-corrected chi connectivity index (χ1v) is 40.4.